The topological polar surface area (TPSA) is 39.9 Å². The van der Waals surface area contributed by atoms with Crippen molar-refractivity contribution in [3.05, 3.63) is 150 Å². The molecule has 1 aliphatic rings. The molecule has 0 radical (unpaired) electrons. The molecule has 1 aliphatic heterocycles. The fourth-order valence-corrected chi connectivity index (χ4v) is 6.64. The van der Waals surface area contributed by atoms with Gasteiger partial charge in [0.15, 0.2) is 6.17 Å². The molecular formula is C38H28FN3O. The predicted molar refractivity (Wildman–Crippen MR) is 170 cm³/mol. The molecule has 5 heteroatoms. The van der Waals surface area contributed by atoms with Gasteiger partial charge in [0.1, 0.15) is 17.3 Å². The second-order valence-corrected chi connectivity index (χ2v) is 11.5. The highest BCUT2D eigenvalue weighted by Gasteiger charge is 2.40. The minimum atomic E-state index is -1.45. The summed E-state index contributed by atoms with van der Waals surface area (Å²) in [5.41, 5.74) is 6.20. The smallest absolute Gasteiger partial charge is 0.154 e. The van der Waals surface area contributed by atoms with Crippen LogP contribution in [0.1, 0.15) is 42.3 Å². The first-order valence-corrected chi connectivity index (χ1v) is 14.5. The Morgan fingerprint density at radius 3 is 2.33 bits per heavy atom. The number of ether oxygens (including phenoxy) is 1. The Morgan fingerprint density at radius 1 is 0.744 bits per heavy atom. The van der Waals surface area contributed by atoms with Gasteiger partial charge in [-0.25, -0.2) is 9.37 Å². The minimum Gasteiger partial charge on any atom is -0.456 e. The third-order valence-corrected chi connectivity index (χ3v) is 8.63. The summed E-state index contributed by atoms with van der Waals surface area (Å²) in [5, 5.41) is 2.13. The molecule has 0 N–H and O–H groups in total. The highest BCUT2D eigenvalue weighted by Crippen LogP contribution is 2.55. The van der Waals surface area contributed by atoms with Crippen LogP contribution in [0.25, 0.3) is 38.9 Å². The van der Waals surface area contributed by atoms with E-state index in [0.29, 0.717) is 16.9 Å². The van der Waals surface area contributed by atoms with Crippen molar-refractivity contribution in [2.24, 2.45) is 0 Å². The van der Waals surface area contributed by atoms with E-state index >= 15 is 4.39 Å². The molecule has 4 nitrogen and oxygen atoms in total. The number of hydrogen-bond donors (Lipinski definition) is 0. The summed E-state index contributed by atoms with van der Waals surface area (Å²) in [4.78, 5) is 9.20. The van der Waals surface area contributed by atoms with Gasteiger partial charge in [-0.15, -0.1) is 0 Å². The zero-order valence-electron chi connectivity index (χ0n) is 23.8. The van der Waals surface area contributed by atoms with Gasteiger partial charge in [-0.1, -0.05) is 80.6 Å². The van der Waals surface area contributed by atoms with Crippen LogP contribution in [0.5, 0.6) is 11.5 Å². The quantitative estimate of drug-likeness (QED) is 0.215. The summed E-state index contributed by atoms with van der Waals surface area (Å²) >= 11 is 0. The lowest BCUT2D eigenvalue weighted by Crippen LogP contribution is -2.25. The van der Waals surface area contributed by atoms with E-state index in [-0.39, 0.29) is 0 Å². The zero-order chi connectivity index (χ0) is 29.1. The van der Waals surface area contributed by atoms with Crippen molar-refractivity contribution < 1.29 is 9.13 Å². The van der Waals surface area contributed by atoms with E-state index in [2.05, 4.69) is 47.7 Å². The molecule has 208 valence electrons. The molecular weight excluding hydrogens is 533 g/mol. The summed E-state index contributed by atoms with van der Waals surface area (Å²) in [6.07, 6.45) is 2.10. The molecule has 0 saturated heterocycles. The second-order valence-electron chi connectivity index (χ2n) is 11.5. The highest BCUT2D eigenvalue weighted by molar-refractivity contribution is 6.12. The fraction of sp³-hybridized carbons (Fsp3) is 0.105. The van der Waals surface area contributed by atoms with Gasteiger partial charge in [0.2, 0.25) is 0 Å². The van der Waals surface area contributed by atoms with Crippen molar-refractivity contribution in [2.75, 3.05) is 0 Å². The van der Waals surface area contributed by atoms with Crippen molar-refractivity contribution in [3.8, 4) is 28.6 Å². The number of fused-ring (bicyclic) bond motifs is 6. The molecule has 0 spiro atoms. The van der Waals surface area contributed by atoms with Crippen LogP contribution in [0.3, 0.4) is 0 Å². The fourth-order valence-electron chi connectivity index (χ4n) is 6.64. The number of halogens is 1. The predicted octanol–water partition coefficient (Wildman–Crippen LogP) is 9.73. The third-order valence-electron chi connectivity index (χ3n) is 8.63. The van der Waals surface area contributed by atoms with Gasteiger partial charge in [-0.3, -0.25) is 9.55 Å². The van der Waals surface area contributed by atoms with Crippen LogP contribution < -0.4 is 4.74 Å². The lowest BCUT2D eigenvalue weighted by atomic mass is 9.73. The lowest BCUT2D eigenvalue weighted by molar-refractivity contribution is 0.368. The first kappa shape index (κ1) is 25.4. The molecule has 1 atom stereocenters. The summed E-state index contributed by atoms with van der Waals surface area (Å²) < 4.78 is 26.0. The lowest BCUT2D eigenvalue weighted by Gasteiger charge is -2.36. The van der Waals surface area contributed by atoms with E-state index in [1.165, 1.54) is 0 Å². The van der Waals surface area contributed by atoms with Gasteiger partial charge >= 0.3 is 0 Å². The van der Waals surface area contributed by atoms with Gasteiger partial charge in [0.25, 0.3) is 0 Å². The molecule has 4 heterocycles. The van der Waals surface area contributed by atoms with Crippen molar-refractivity contribution in [1.29, 1.82) is 0 Å². The second kappa shape index (κ2) is 9.63. The summed E-state index contributed by atoms with van der Waals surface area (Å²) in [7, 11) is 0. The standard InChI is InChI=1S/C38H28FN3O/c1-38(2)28-15-4-6-18-32(28)43-37-27(36(39)25-13-11-12-24(22-25)29-16-7-9-20-40-29)23-31-34(35(37)38)26-14-3-5-17-30(26)42(31)33-19-8-10-21-41-33/h3-23,36H,1-2H3. The van der Waals surface area contributed by atoms with Crippen LogP contribution in [0.2, 0.25) is 0 Å². The number of nitrogens with zero attached hydrogens (tertiary/aromatic N) is 3. The Bertz CT molecular complexity index is 2150. The molecule has 8 rings (SSSR count). The zero-order valence-corrected chi connectivity index (χ0v) is 23.8. The van der Waals surface area contributed by atoms with Crippen LogP contribution in [0, 0.1) is 0 Å². The van der Waals surface area contributed by atoms with Crippen LogP contribution in [-0.4, -0.2) is 14.5 Å². The normalized spacial score (nSPS) is 14.2. The summed E-state index contributed by atoms with van der Waals surface area (Å²) in [6, 6.07) is 37.6. The number of para-hydroxylation sites is 2. The van der Waals surface area contributed by atoms with Crippen LogP contribution in [0.15, 0.2) is 128 Å². The molecule has 0 bridgehead atoms. The van der Waals surface area contributed by atoms with Crippen LogP contribution in [-0.2, 0) is 5.41 Å². The molecule has 0 aliphatic carbocycles. The van der Waals surface area contributed by atoms with Crippen molar-refractivity contribution in [3.63, 3.8) is 0 Å². The van der Waals surface area contributed by atoms with E-state index in [1.807, 2.05) is 91.0 Å². The van der Waals surface area contributed by atoms with E-state index in [1.54, 1.807) is 12.4 Å². The molecule has 1 unspecified atom stereocenters. The van der Waals surface area contributed by atoms with Crippen molar-refractivity contribution in [2.45, 2.75) is 25.4 Å². The van der Waals surface area contributed by atoms with Gasteiger partial charge in [-0.2, -0.15) is 0 Å². The minimum absolute atomic E-state index is 0.465. The molecule has 4 aromatic carbocycles. The van der Waals surface area contributed by atoms with Crippen LogP contribution >= 0.6 is 0 Å². The molecule has 0 saturated carbocycles. The summed E-state index contributed by atoms with van der Waals surface area (Å²) in [6.45, 7) is 4.41. The molecule has 0 amide bonds. The van der Waals surface area contributed by atoms with E-state index in [0.717, 1.165) is 55.8 Å². The molecule has 7 aromatic rings. The van der Waals surface area contributed by atoms with Gasteiger partial charge in [0.05, 0.1) is 16.7 Å². The van der Waals surface area contributed by atoms with E-state index in [4.69, 9.17) is 9.72 Å². The Kier molecular flexibility index (Phi) is 5.70. The number of hydrogen-bond acceptors (Lipinski definition) is 3. The number of pyridine rings is 2. The third kappa shape index (κ3) is 3.88. The van der Waals surface area contributed by atoms with Gasteiger partial charge < -0.3 is 4.74 Å². The Morgan fingerprint density at radius 2 is 1.51 bits per heavy atom. The maximum absolute atomic E-state index is 17.2. The van der Waals surface area contributed by atoms with E-state index < -0.39 is 11.6 Å². The number of rotatable bonds is 4. The largest absolute Gasteiger partial charge is 0.456 e. The maximum atomic E-state index is 17.2. The molecule has 0 fully saturated rings. The Balaban J connectivity index is 1.46. The monoisotopic (exact) mass is 561 g/mol. The first-order chi connectivity index (χ1) is 21.0. The molecule has 43 heavy (non-hydrogen) atoms. The number of aromatic nitrogens is 3. The Hall–Kier alpha value is -5.29. The summed E-state index contributed by atoms with van der Waals surface area (Å²) in [5.74, 6) is 2.11. The SMILES string of the molecule is CC1(C)c2ccccc2Oc2c(C(F)c3cccc(-c4ccccn4)c3)cc3c(c21)c1ccccc1n3-c1ccccn1. The number of alkyl halides is 1. The average Bonchev–Trinajstić information content (AvgIpc) is 3.38. The first-order valence-electron chi connectivity index (χ1n) is 14.5. The van der Waals surface area contributed by atoms with Gasteiger partial charge in [-0.05, 0) is 54.1 Å². The molecule has 3 aromatic heterocycles. The van der Waals surface area contributed by atoms with Gasteiger partial charge in [0, 0.05) is 50.8 Å². The average molecular weight is 562 g/mol. The van der Waals surface area contributed by atoms with Crippen molar-refractivity contribution >= 4 is 21.8 Å². The maximum Gasteiger partial charge on any atom is 0.154 e. The Labute approximate surface area is 249 Å². The number of benzene rings is 4. The highest BCUT2D eigenvalue weighted by atomic mass is 19.1. The van der Waals surface area contributed by atoms with E-state index in [9.17, 15) is 0 Å². The van der Waals surface area contributed by atoms with Crippen molar-refractivity contribution in [1.82, 2.24) is 14.5 Å². The van der Waals surface area contributed by atoms with Crippen LogP contribution in [0.4, 0.5) is 4.39 Å².